The third-order valence-electron chi connectivity index (χ3n) is 3.61. The predicted molar refractivity (Wildman–Crippen MR) is 91.1 cm³/mol. The molecule has 11 heteroatoms. The first kappa shape index (κ1) is 17.8. The quantitative estimate of drug-likeness (QED) is 0.529. The number of nitrogens with zero attached hydrogens (tertiary/aromatic N) is 4. The maximum Gasteiger partial charge on any atom is 0.354 e. The van der Waals surface area contributed by atoms with Gasteiger partial charge >= 0.3 is 11.9 Å². The van der Waals surface area contributed by atoms with Gasteiger partial charge < -0.3 is 20.9 Å². The van der Waals surface area contributed by atoms with Crippen LogP contribution in [0, 0.1) is 0 Å². The number of methoxy groups -OCH3 is 1. The molecule has 27 heavy (non-hydrogen) atoms. The van der Waals surface area contributed by atoms with Crippen molar-refractivity contribution in [3.8, 4) is 0 Å². The van der Waals surface area contributed by atoms with Crippen LogP contribution in [0.5, 0.6) is 0 Å². The van der Waals surface area contributed by atoms with E-state index in [2.05, 4.69) is 25.1 Å². The van der Waals surface area contributed by atoms with E-state index >= 15 is 0 Å². The van der Waals surface area contributed by atoms with Gasteiger partial charge in [0, 0.05) is 12.6 Å². The van der Waals surface area contributed by atoms with Crippen LogP contribution in [0.2, 0.25) is 0 Å². The highest BCUT2D eigenvalue weighted by atomic mass is 16.5. The van der Waals surface area contributed by atoms with Crippen molar-refractivity contribution < 1.29 is 24.2 Å². The molecule has 3 rings (SSSR count). The summed E-state index contributed by atoms with van der Waals surface area (Å²) in [7, 11) is 1.29. The van der Waals surface area contributed by atoms with E-state index in [4.69, 9.17) is 5.73 Å². The number of hydrogen-bond acceptors (Lipinski definition) is 8. The Morgan fingerprint density at radius 1 is 1.22 bits per heavy atom. The summed E-state index contributed by atoms with van der Waals surface area (Å²) >= 11 is 0. The fourth-order valence-corrected chi connectivity index (χ4v) is 2.30. The Hall–Kier alpha value is -4.02. The fraction of sp³-hybridized carbons (Fsp3) is 0.125. The van der Waals surface area contributed by atoms with Crippen LogP contribution >= 0.6 is 0 Å². The van der Waals surface area contributed by atoms with Gasteiger partial charge in [-0.2, -0.15) is 9.50 Å². The Morgan fingerprint density at radius 2 is 1.93 bits per heavy atom. The Kier molecular flexibility index (Phi) is 4.66. The SMILES string of the molecule is COC(=O)c1ccc(CNC(=O)c2cc(C(=O)O)n3nc(N)nc3n2)cc1. The van der Waals surface area contributed by atoms with Crippen molar-refractivity contribution >= 4 is 29.6 Å². The number of carbonyl (C=O) groups excluding carboxylic acids is 2. The molecule has 0 bridgehead atoms. The van der Waals surface area contributed by atoms with Crippen LogP contribution in [0.15, 0.2) is 30.3 Å². The predicted octanol–water partition coefficient (Wildman–Crippen LogP) is 0.121. The molecule has 1 amide bonds. The molecule has 138 valence electrons. The highest BCUT2D eigenvalue weighted by Crippen LogP contribution is 2.09. The standard InChI is InChI=1S/C16H14N6O5/c1-27-14(26)9-4-2-8(3-5-9)7-18-12(23)10-6-11(13(24)25)22-16(19-10)20-15(17)21-22/h2-6H,7H2,1H3,(H2,17,21)(H,18,23)(H,24,25). The molecule has 2 heterocycles. The lowest BCUT2D eigenvalue weighted by atomic mass is 10.1. The number of carboxylic acid groups (broad SMARTS) is 1. The molecule has 0 aliphatic rings. The number of esters is 1. The molecular weight excluding hydrogens is 356 g/mol. The van der Waals surface area contributed by atoms with Crippen molar-refractivity contribution in [2.75, 3.05) is 12.8 Å². The van der Waals surface area contributed by atoms with E-state index in [0.29, 0.717) is 5.56 Å². The maximum atomic E-state index is 12.3. The van der Waals surface area contributed by atoms with Crippen LogP contribution in [0.4, 0.5) is 5.95 Å². The first-order chi connectivity index (χ1) is 12.9. The van der Waals surface area contributed by atoms with Gasteiger partial charge in [0.15, 0.2) is 5.69 Å². The Morgan fingerprint density at radius 3 is 2.56 bits per heavy atom. The molecule has 0 spiro atoms. The first-order valence-electron chi connectivity index (χ1n) is 7.61. The maximum absolute atomic E-state index is 12.3. The molecule has 2 aromatic heterocycles. The van der Waals surface area contributed by atoms with Gasteiger partial charge in [0.2, 0.25) is 5.95 Å². The summed E-state index contributed by atoms with van der Waals surface area (Å²) in [6.07, 6.45) is 0. The van der Waals surface area contributed by atoms with Gasteiger partial charge in [0.25, 0.3) is 11.7 Å². The van der Waals surface area contributed by atoms with Crippen molar-refractivity contribution in [3.05, 3.63) is 52.8 Å². The zero-order chi connectivity index (χ0) is 19.6. The van der Waals surface area contributed by atoms with E-state index < -0.39 is 17.8 Å². The number of carbonyl (C=O) groups is 3. The summed E-state index contributed by atoms with van der Waals surface area (Å²) in [6.45, 7) is 0.143. The molecule has 3 aromatic rings. The molecule has 1 aromatic carbocycles. The highest BCUT2D eigenvalue weighted by Gasteiger charge is 2.18. The van der Waals surface area contributed by atoms with Gasteiger partial charge in [0.05, 0.1) is 12.7 Å². The van der Waals surface area contributed by atoms with E-state index in [1.54, 1.807) is 24.3 Å². The van der Waals surface area contributed by atoms with Gasteiger partial charge in [-0.25, -0.2) is 14.6 Å². The normalized spacial score (nSPS) is 10.6. The van der Waals surface area contributed by atoms with Crippen LogP contribution in [-0.2, 0) is 11.3 Å². The average molecular weight is 370 g/mol. The Bertz CT molecular complexity index is 1040. The number of amides is 1. The minimum atomic E-state index is -1.31. The smallest absolute Gasteiger partial charge is 0.354 e. The number of benzene rings is 1. The van der Waals surface area contributed by atoms with Gasteiger partial charge in [0.1, 0.15) is 5.69 Å². The zero-order valence-electron chi connectivity index (χ0n) is 14.0. The van der Waals surface area contributed by atoms with E-state index in [9.17, 15) is 19.5 Å². The second kappa shape index (κ2) is 7.07. The summed E-state index contributed by atoms with van der Waals surface area (Å²) in [5.74, 6) is -2.62. The summed E-state index contributed by atoms with van der Waals surface area (Å²) in [4.78, 5) is 42.9. The van der Waals surface area contributed by atoms with Crippen molar-refractivity contribution in [1.82, 2.24) is 24.9 Å². The summed E-state index contributed by atoms with van der Waals surface area (Å²) in [5.41, 5.74) is 6.13. The lowest BCUT2D eigenvalue weighted by Crippen LogP contribution is -2.25. The zero-order valence-corrected chi connectivity index (χ0v) is 14.0. The molecule has 0 aliphatic heterocycles. The number of nitrogens with one attached hydrogen (secondary N) is 1. The van der Waals surface area contributed by atoms with Crippen molar-refractivity contribution in [1.29, 1.82) is 0 Å². The average Bonchev–Trinajstić information content (AvgIpc) is 3.04. The second-order valence-corrected chi connectivity index (χ2v) is 5.38. The van der Waals surface area contributed by atoms with Crippen LogP contribution in [-0.4, -0.2) is 49.6 Å². The number of hydrogen-bond donors (Lipinski definition) is 3. The van der Waals surface area contributed by atoms with E-state index in [1.165, 1.54) is 7.11 Å². The van der Waals surface area contributed by atoms with Crippen LogP contribution in [0.1, 0.15) is 36.9 Å². The minimum absolute atomic E-state index is 0.0972. The van der Waals surface area contributed by atoms with Crippen molar-refractivity contribution in [2.45, 2.75) is 6.54 Å². The second-order valence-electron chi connectivity index (χ2n) is 5.38. The molecular formula is C16H14N6O5. The van der Waals surface area contributed by atoms with E-state index in [1.807, 2.05) is 0 Å². The molecule has 0 aliphatic carbocycles. The Labute approximate surface area is 151 Å². The number of rotatable bonds is 5. The number of anilines is 1. The first-order valence-corrected chi connectivity index (χ1v) is 7.61. The lowest BCUT2D eigenvalue weighted by Gasteiger charge is -2.07. The fourth-order valence-electron chi connectivity index (χ4n) is 2.30. The number of nitrogens with two attached hydrogens (primary N) is 1. The monoisotopic (exact) mass is 370 g/mol. The number of nitrogen functional groups attached to an aromatic ring is 1. The summed E-state index contributed by atoms with van der Waals surface area (Å²) in [6, 6.07) is 7.54. The number of aromatic carboxylic acids is 1. The molecule has 0 radical (unpaired) electrons. The van der Waals surface area contributed by atoms with Crippen LogP contribution in [0.3, 0.4) is 0 Å². The lowest BCUT2D eigenvalue weighted by molar-refractivity contribution is 0.0599. The summed E-state index contributed by atoms with van der Waals surface area (Å²) < 4.78 is 5.56. The van der Waals surface area contributed by atoms with Gasteiger partial charge in [-0.15, -0.1) is 5.10 Å². The van der Waals surface area contributed by atoms with E-state index in [0.717, 1.165) is 16.1 Å². The number of fused-ring (bicyclic) bond motifs is 1. The van der Waals surface area contributed by atoms with Gasteiger partial charge in [-0.1, -0.05) is 12.1 Å². The third kappa shape index (κ3) is 3.66. The van der Waals surface area contributed by atoms with E-state index in [-0.39, 0.29) is 29.7 Å². The molecule has 0 fully saturated rings. The molecule has 0 saturated carbocycles. The van der Waals surface area contributed by atoms with Crippen LogP contribution in [0.25, 0.3) is 5.78 Å². The molecule has 11 nitrogen and oxygen atoms in total. The summed E-state index contributed by atoms with van der Waals surface area (Å²) in [5, 5.41) is 15.6. The third-order valence-corrected chi connectivity index (χ3v) is 3.61. The van der Waals surface area contributed by atoms with Crippen molar-refractivity contribution in [3.63, 3.8) is 0 Å². The van der Waals surface area contributed by atoms with Crippen LogP contribution < -0.4 is 11.1 Å². The Balaban J connectivity index is 1.78. The molecule has 0 unspecified atom stereocenters. The highest BCUT2D eigenvalue weighted by molar-refractivity contribution is 5.95. The van der Waals surface area contributed by atoms with Gasteiger partial charge in [-0.05, 0) is 17.7 Å². The largest absolute Gasteiger partial charge is 0.477 e. The topological polar surface area (TPSA) is 162 Å². The number of carboxylic acids is 1. The minimum Gasteiger partial charge on any atom is -0.477 e. The number of aromatic nitrogens is 4. The molecule has 4 N–H and O–H groups in total. The number of ether oxygens (including phenoxy) is 1. The van der Waals surface area contributed by atoms with Gasteiger partial charge in [-0.3, -0.25) is 4.79 Å². The molecule has 0 atom stereocenters. The molecule has 0 saturated heterocycles. The van der Waals surface area contributed by atoms with Crippen molar-refractivity contribution in [2.24, 2.45) is 0 Å².